The highest BCUT2D eigenvalue weighted by molar-refractivity contribution is 5.95. The molecule has 1 aliphatic heterocycles. The van der Waals surface area contributed by atoms with Gasteiger partial charge in [-0.2, -0.15) is 13.2 Å². The average molecular weight is 498 g/mol. The minimum Gasteiger partial charge on any atom is -0.443 e. The molecule has 0 spiro atoms. The molecule has 2 N–H and O–H groups in total. The van der Waals surface area contributed by atoms with Crippen LogP contribution in [0.15, 0.2) is 24.3 Å². The molecule has 0 bridgehead atoms. The van der Waals surface area contributed by atoms with Crippen molar-refractivity contribution in [2.45, 2.75) is 84.3 Å². The van der Waals surface area contributed by atoms with Gasteiger partial charge in [-0.05, 0) is 69.4 Å². The molecule has 1 aromatic carbocycles. The van der Waals surface area contributed by atoms with Crippen LogP contribution in [0.5, 0.6) is 0 Å². The van der Waals surface area contributed by atoms with Crippen LogP contribution in [0.1, 0.15) is 65.0 Å². The summed E-state index contributed by atoms with van der Waals surface area (Å²) in [6.45, 7) is 10.9. The molecule has 2 amide bonds. The van der Waals surface area contributed by atoms with Gasteiger partial charge < -0.3 is 10.5 Å². The second-order valence-electron chi connectivity index (χ2n) is 11.4. The van der Waals surface area contributed by atoms with Gasteiger partial charge in [-0.3, -0.25) is 9.69 Å². The minimum absolute atomic E-state index is 0.0310. The van der Waals surface area contributed by atoms with E-state index >= 15 is 0 Å². The molecular formula is C26H38F3N3O3. The highest BCUT2D eigenvalue weighted by Gasteiger charge is 2.49. The lowest BCUT2D eigenvalue weighted by Crippen LogP contribution is -2.54. The van der Waals surface area contributed by atoms with Crippen LogP contribution >= 0.6 is 0 Å². The SMILES string of the molecule is CC(C)C[C@H](N)C(=O)N(C(=O)OC(C)(C)C)[C@@H]1CC[C@H]2CN(Cc3cccc(C(F)(F)F)c3)C[C@H]21. The van der Waals surface area contributed by atoms with Crippen molar-refractivity contribution in [1.82, 2.24) is 9.80 Å². The van der Waals surface area contributed by atoms with E-state index < -0.39 is 35.4 Å². The normalized spacial score (nSPS) is 23.9. The highest BCUT2D eigenvalue weighted by atomic mass is 19.4. The van der Waals surface area contributed by atoms with Crippen LogP contribution in [-0.2, 0) is 22.3 Å². The number of fused-ring (bicyclic) bond motifs is 1. The Morgan fingerprint density at radius 2 is 1.86 bits per heavy atom. The number of likely N-dealkylation sites (tertiary alicyclic amines) is 1. The van der Waals surface area contributed by atoms with Crippen LogP contribution < -0.4 is 5.73 Å². The summed E-state index contributed by atoms with van der Waals surface area (Å²) in [6.07, 6.45) is -3.09. The van der Waals surface area contributed by atoms with E-state index in [1.165, 1.54) is 17.0 Å². The van der Waals surface area contributed by atoms with E-state index in [-0.39, 0.29) is 23.8 Å². The van der Waals surface area contributed by atoms with E-state index in [0.717, 1.165) is 12.5 Å². The lowest BCUT2D eigenvalue weighted by molar-refractivity contribution is -0.137. The third-order valence-corrected chi connectivity index (χ3v) is 6.76. The van der Waals surface area contributed by atoms with Gasteiger partial charge in [0.2, 0.25) is 5.91 Å². The first-order valence-electron chi connectivity index (χ1n) is 12.4. The molecule has 1 heterocycles. The number of benzene rings is 1. The first-order chi connectivity index (χ1) is 16.2. The molecule has 35 heavy (non-hydrogen) atoms. The number of amides is 2. The van der Waals surface area contributed by atoms with Crippen molar-refractivity contribution in [2.24, 2.45) is 23.5 Å². The van der Waals surface area contributed by atoms with Crippen LogP contribution in [0.3, 0.4) is 0 Å². The van der Waals surface area contributed by atoms with E-state index in [9.17, 15) is 22.8 Å². The van der Waals surface area contributed by atoms with Gasteiger partial charge in [0.1, 0.15) is 5.60 Å². The van der Waals surface area contributed by atoms with Gasteiger partial charge in [0.25, 0.3) is 0 Å². The van der Waals surface area contributed by atoms with E-state index in [1.54, 1.807) is 26.8 Å². The summed E-state index contributed by atoms with van der Waals surface area (Å²) in [4.78, 5) is 29.9. The Kier molecular flexibility index (Phi) is 8.21. The molecule has 9 heteroatoms. The first-order valence-corrected chi connectivity index (χ1v) is 12.4. The van der Waals surface area contributed by atoms with Crippen molar-refractivity contribution in [2.75, 3.05) is 13.1 Å². The summed E-state index contributed by atoms with van der Waals surface area (Å²) in [5.74, 6) is 0.0588. The summed E-state index contributed by atoms with van der Waals surface area (Å²) >= 11 is 0. The monoisotopic (exact) mass is 497 g/mol. The molecule has 1 saturated heterocycles. The summed E-state index contributed by atoms with van der Waals surface area (Å²) < 4.78 is 44.9. The second kappa shape index (κ2) is 10.5. The van der Waals surface area contributed by atoms with E-state index in [0.29, 0.717) is 38.0 Å². The largest absolute Gasteiger partial charge is 0.443 e. The summed E-state index contributed by atoms with van der Waals surface area (Å²) in [5.41, 5.74) is 5.37. The number of halogens is 3. The smallest absolute Gasteiger partial charge is 0.417 e. The third-order valence-electron chi connectivity index (χ3n) is 6.76. The molecule has 0 aromatic heterocycles. The Labute approximate surface area is 206 Å². The topological polar surface area (TPSA) is 75.9 Å². The average Bonchev–Trinajstić information content (AvgIpc) is 3.27. The zero-order valence-electron chi connectivity index (χ0n) is 21.3. The molecule has 196 valence electrons. The van der Waals surface area contributed by atoms with Crippen molar-refractivity contribution in [1.29, 1.82) is 0 Å². The number of hydrogen-bond donors (Lipinski definition) is 1. The van der Waals surface area contributed by atoms with Gasteiger partial charge in [-0.25, -0.2) is 9.69 Å². The summed E-state index contributed by atoms with van der Waals surface area (Å²) in [6, 6.07) is 4.24. The van der Waals surface area contributed by atoms with E-state index in [2.05, 4.69) is 4.90 Å². The number of rotatable bonds is 6. The van der Waals surface area contributed by atoms with E-state index in [1.807, 2.05) is 13.8 Å². The Hall–Kier alpha value is -2.13. The summed E-state index contributed by atoms with van der Waals surface area (Å²) in [7, 11) is 0. The van der Waals surface area contributed by atoms with Gasteiger partial charge in [0.15, 0.2) is 0 Å². The van der Waals surface area contributed by atoms with Crippen LogP contribution in [0.4, 0.5) is 18.0 Å². The third kappa shape index (κ3) is 6.97. The molecule has 0 radical (unpaired) electrons. The number of ether oxygens (including phenoxy) is 1. The van der Waals surface area contributed by atoms with Gasteiger partial charge in [-0.1, -0.05) is 32.0 Å². The van der Waals surface area contributed by atoms with Crippen LogP contribution in [0.2, 0.25) is 0 Å². The number of carbonyl (C=O) groups excluding carboxylic acids is 2. The summed E-state index contributed by atoms with van der Waals surface area (Å²) in [5, 5.41) is 0. The number of nitrogens with two attached hydrogens (primary N) is 1. The molecular weight excluding hydrogens is 459 g/mol. The predicted molar refractivity (Wildman–Crippen MR) is 127 cm³/mol. The van der Waals surface area contributed by atoms with Gasteiger partial charge in [0, 0.05) is 25.7 Å². The predicted octanol–water partition coefficient (Wildman–Crippen LogP) is 5.05. The maximum atomic E-state index is 13.4. The number of hydrogen-bond acceptors (Lipinski definition) is 5. The van der Waals surface area contributed by atoms with Crippen molar-refractivity contribution in [3.63, 3.8) is 0 Å². The minimum atomic E-state index is -4.38. The Morgan fingerprint density at radius 3 is 2.46 bits per heavy atom. The van der Waals surface area contributed by atoms with Crippen molar-refractivity contribution in [3.05, 3.63) is 35.4 Å². The molecule has 2 aliphatic rings. The van der Waals surface area contributed by atoms with Crippen LogP contribution in [0, 0.1) is 17.8 Å². The first kappa shape index (κ1) is 27.5. The maximum Gasteiger partial charge on any atom is 0.417 e. The molecule has 3 rings (SSSR count). The Bertz CT molecular complexity index is 913. The quantitative estimate of drug-likeness (QED) is 0.595. The second-order valence-corrected chi connectivity index (χ2v) is 11.4. The molecule has 1 aromatic rings. The van der Waals surface area contributed by atoms with Gasteiger partial charge in [-0.15, -0.1) is 0 Å². The fourth-order valence-corrected chi connectivity index (χ4v) is 5.37. The molecule has 0 unspecified atom stereocenters. The lowest BCUT2D eigenvalue weighted by atomic mass is 9.95. The molecule has 1 saturated carbocycles. The zero-order valence-corrected chi connectivity index (χ0v) is 21.3. The highest BCUT2D eigenvalue weighted by Crippen LogP contribution is 2.42. The van der Waals surface area contributed by atoms with Crippen molar-refractivity contribution >= 4 is 12.0 Å². The standard InChI is InChI=1S/C26H38F3N3O3/c1-16(2)11-21(30)23(33)32(24(34)35-25(3,4)5)22-10-9-18-14-31(15-20(18)22)13-17-7-6-8-19(12-17)26(27,28)29/h6-8,12,16,18,20-22H,9-11,13-15,30H2,1-5H3/t18-,20+,21-,22+/m0/s1. The fraction of sp³-hybridized carbons (Fsp3) is 0.692. The number of imide groups is 1. The Balaban J connectivity index is 1.77. The maximum absolute atomic E-state index is 13.4. The number of carbonyl (C=O) groups is 2. The molecule has 1 aliphatic carbocycles. The van der Waals surface area contributed by atoms with Crippen LogP contribution in [0.25, 0.3) is 0 Å². The van der Waals surface area contributed by atoms with Gasteiger partial charge in [0.05, 0.1) is 11.6 Å². The van der Waals surface area contributed by atoms with E-state index in [4.69, 9.17) is 10.5 Å². The molecule has 6 nitrogen and oxygen atoms in total. The number of nitrogens with zero attached hydrogens (tertiary/aromatic N) is 2. The molecule has 4 atom stereocenters. The van der Waals surface area contributed by atoms with Gasteiger partial charge >= 0.3 is 12.3 Å². The van der Waals surface area contributed by atoms with Crippen molar-refractivity contribution in [3.8, 4) is 0 Å². The number of alkyl halides is 3. The zero-order chi connectivity index (χ0) is 26.1. The van der Waals surface area contributed by atoms with Crippen molar-refractivity contribution < 1.29 is 27.5 Å². The molecule has 2 fully saturated rings. The Morgan fingerprint density at radius 1 is 1.17 bits per heavy atom. The van der Waals surface area contributed by atoms with Crippen LogP contribution in [-0.4, -0.2) is 52.6 Å². The fourth-order valence-electron chi connectivity index (χ4n) is 5.37. The lowest BCUT2D eigenvalue weighted by Gasteiger charge is -2.34.